The van der Waals surface area contributed by atoms with Crippen LogP contribution in [0.4, 0.5) is 0 Å². The number of hydrogen-bond donors (Lipinski definition) is 1. The fourth-order valence-corrected chi connectivity index (χ4v) is 2.26. The Labute approximate surface area is 133 Å². The van der Waals surface area contributed by atoms with Gasteiger partial charge in [0.25, 0.3) is 3.79 Å². The van der Waals surface area contributed by atoms with E-state index in [0.717, 1.165) is 6.42 Å². The Hall–Kier alpha value is -0.230. The van der Waals surface area contributed by atoms with Crippen LogP contribution in [-0.2, 0) is 19.0 Å². The minimum atomic E-state index is -1.94. The zero-order valence-electron chi connectivity index (χ0n) is 11.5. The predicted molar refractivity (Wildman–Crippen MR) is 77.4 cm³/mol. The SMILES string of the molecule is CC[C@H]1OC(OC(=N)C(Cl)(Cl)Cl)C[C@@H](OC(C)=O)[C@@H]1C. The molecule has 0 aliphatic carbocycles. The molecule has 0 radical (unpaired) electrons. The van der Waals surface area contributed by atoms with Crippen molar-refractivity contribution in [3.8, 4) is 0 Å². The molecule has 0 aromatic rings. The molecule has 0 saturated carbocycles. The first-order valence-corrected chi connectivity index (χ1v) is 7.43. The monoisotopic (exact) mass is 345 g/mol. The van der Waals surface area contributed by atoms with Crippen molar-refractivity contribution < 1.29 is 19.0 Å². The lowest BCUT2D eigenvalue weighted by atomic mass is 9.91. The van der Waals surface area contributed by atoms with Gasteiger partial charge < -0.3 is 14.2 Å². The molecule has 1 unspecified atom stereocenters. The number of alkyl halides is 3. The number of rotatable bonds is 3. The standard InChI is InChI=1S/C12H18Cl3NO4/c1-4-8-6(2)9(18-7(3)17)5-10(19-8)20-11(16)12(13,14)15/h6,8-10,16H,4-5H2,1-3H3/t6-,8-,9-,10?/m1/s1. The van der Waals surface area contributed by atoms with Gasteiger partial charge in [-0.05, 0) is 6.42 Å². The molecule has 1 fully saturated rings. The molecule has 1 aliphatic heterocycles. The van der Waals surface area contributed by atoms with Crippen LogP contribution in [0.3, 0.4) is 0 Å². The van der Waals surface area contributed by atoms with Crippen molar-refractivity contribution in [2.75, 3.05) is 0 Å². The molecule has 1 N–H and O–H groups in total. The van der Waals surface area contributed by atoms with E-state index in [-0.39, 0.29) is 24.1 Å². The van der Waals surface area contributed by atoms with Crippen molar-refractivity contribution in [3.63, 3.8) is 0 Å². The maximum absolute atomic E-state index is 11.1. The van der Waals surface area contributed by atoms with Gasteiger partial charge in [-0.3, -0.25) is 10.2 Å². The van der Waals surface area contributed by atoms with Gasteiger partial charge in [0.2, 0.25) is 12.2 Å². The van der Waals surface area contributed by atoms with Crippen LogP contribution < -0.4 is 0 Å². The topological polar surface area (TPSA) is 68.6 Å². The summed E-state index contributed by atoms with van der Waals surface area (Å²) in [4.78, 5) is 11.1. The second-order valence-electron chi connectivity index (χ2n) is 4.70. The molecule has 1 saturated heterocycles. The second kappa shape index (κ2) is 7.16. The first-order chi connectivity index (χ1) is 9.15. The Balaban J connectivity index is 2.73. The molecule has 1 heterocycles. The van der Waals surface area contributed by atoms with E-state index < -0.39 is 16.0 Å². The fourth-order valence-electron chi connectivity index (χ4n) is 2.13. The Bertz CT molecular complexity index is 372. The summed E-state index contributed by atoms with van der Waals surface area (Å²) in [5, 5.41) is 7.55. The lowest BCUT2D eigenvalue weighted by Crippen LogP contribution is -2.46. The summed E-state index contributed by atoms with van der Waals surface area (Å²) in [6, 6.07) is 0. The Kier molecular flexibility index (Phi) is 6.38. The van der Waals surface area contributed by atoms with Crippen LogP contribution in [-0.4, -0.2) is 34.2 Å². The van der Waals surface area contributed by atoms with E-state index in [1.807, 2.05) is 13.8 Å². The number of esters is 1. The van der Waals surface area contributed by atoms with Gasteiger partial charge in [-0.2, -0.15) is 0 Å². The maximum atomic E-state index is 11.1. The van der Waals surface area contributed by atoms with Crippen molar-refractivity contribution in [2.24, 2.45) is 5.92 Å². The highest BCUT2D eigenvalue weighted by Gasteiger charge is 2.40. The Morgan fingerprint density at radius 1 is 1.40 bits per heavy atom. The third kappa shape index (κ3) is 4.95. The summed E-state index contributed by atoms with van der Waals surface area (Å²) in [6.45, 7) is 5.25. The number of ether oxygens (including phenoxy) is 3. The third-order valence-electron chi connectivity index (χ3n) is 3.15. The van der Waals surface area contributed by atoms with Crippen molar-refractivity contribution in [1.29, 1.82) is 5.41 Å². The highest BCUT2D eigenvalue weighted by Crippen LogP contribution is 2.33. The van der Waals surface area contributed by atoms with Crippen molar-refractivity contribution in [2.45, 2.75) is 55.9 Å². The van der Waals surface area contributed by atoms with Gasteiger partial charge in [0, 0.05) is 19.3 Å². The van der Waals surface area contributed by atoms with E-state index in [1.165, 1.54) is 6.92 Å². The van der Waals surface area contributed by atoms with Gasteiger partial charge in [-0.1, -0.05) is 48.7 Å². The molecule has 0 aromatic carbocycles. The molecule has 4 atom stereocenters. The minimum absolute atomic E-state index is 0.0331. The molecule has 8 heteroatoms. The Morgan fingerprint density at radius 2 is 2.00 bits per heavy atom. The maximum Gasteiger partial charge on any atom is 0.302 e. The smallest absolute Gasteiger partial charge is 0.302 e. The molecule has 20 heavy (non-hydrogen) atoms. The highest BCUT2D eigenvalue weighted by molar-refractivity contribution is 6.76. The van der Waals surface area contributed by atoms with E-state index in [2.05, 4.69) is 0 Å². The van der Waals surface area contributed by atoms with Gasteiger partial charge in [0.15, 0.2) is 0 Å². The molecular weight excluding hydrogens is 328 g/mol. The number of carbonyl (C=O) groups excluding carboxylic acids is 1. The summed E-state index contributed by atoms with van der Waals surface area (Å²) in [5.41, 5.74) is 0. The van der Waals surface area contributed by atoms with Crippen LogP contribution in [0.15, 0.2) is 0 Å². The van der Waals surface area contributed by atoms with Crippen LogP contribution in [0.25, 0.3) is 0 Å². The van der Waals surface area contributed by atoms with Gasteiger partial charge in [-0.15, -0.1) is 0 Å². The predicted octanol–water partition coefficient (Wildman–Crippen LogP) is 3.44. The van der Waals surface area contributed by atoms with E-state index in [1.54, 1.807) is 0 Å². The summed E-state index contributed by atoms with van der Waals surface area (Å²) in [5.74, 6) is -0.849. The quantitative estimate of drug-likeness (QED) is 0.368. The zero-order chi connectivity index (χ0) is 15.5. The summed E-state index contributed by atoms with van der Waals surface area (Å²) in [7, 11) is 0. The average Bonchev–Trinajstić information content (AvgIpc) is 2.31. The number of hydrogen-bond acceptors (Lipinski definition) is 5. The second-order valence-corrected chi connectivity index (χ2v) is 6.98. The molecule has 1 rings (SSSR count). The van der Waals surface area contributed by atoms with Gasteiger partial charge in [-0.25, -0.2) is 0 Å². The van der Waals surface area contributed by atoms with Crippen molar-refractivity contribution in [1.82, 2.24) is 0 Å². The molecule has 0 bridgehead atoms. The fraction of sp³-hybridized carbons (Fsp3) is 0.833. The number of nitrogens with one attached hydrogen (secondary N) is 1. The summed E-state index contributed by atoms with van der Waals surface area (Å²) < 4.78 is 14.2. The third-order valence-corrected chi connectivity index (χ3v) is 3.67. The number of halogens is 3. The number of carbonyl (C=O) groups is 1. The molecule has 0 spiro atoms. The van der Waals surface area contributed by atoms with Crippen LogP contribution in [0.1, 0.15) is 33.6 Å². The lowest BCUT2D eigenvalue weighted by Gasteiger charge is -2.39. The van der Waals surface area contributed by atoms with Crippen molar-refractivity contribution in [3.05, 3.63) is 0 Å². The van der Waals surface area contributed by atoms with Crippen LogP contribution in [0.2, 0.25) is 0 Å². The van der Waals surface area contributed by atoms with E-state index in [4.69, 9.17) is 54.4 Å². The summed E-state index contributed by atoms with van der Waals surface area (Å²) in [6.07, 6.45) is -0.260. The molecule has 5 nitrogen and oxygen atoms in total. The van der Waals surface area contributed by atoms with Crippen LogP contribution >= 0.6 is 34.8 Å². The highest BCUT2D eigenvalue weighted by atomic mass is 35.6. The first-order valence-electron chi connectivity index (χ1n) is 6.30. The molecular formula is C12H18Cl3NO4. The normalized spacial score (nSPS) is 30.7. The van der Waals surface area contributed by atoms with Crippen LogP contribution in [0, 0.1) is 11.3 Å². The van der Waals surface area contributed by atoms with Gasteiger partial charge in [0.05, 0.1) is 6.10 Å². The zero-order valence-corrected chi connectivity index (χ0v) is 13.8. The molecule has 116 valence electrons. The molecule has 0 aromatic heterocycles. The van der Waals surface area contributed by atoms with Gasteiger partial charge in [0.1, 0.15) is 6.10 Å². The van der Waals surface area contributed by atoms with Crippen LogP contribution in [0.5, 0.6) is 0 Å². The Morgan fingerprint density at radius 3 is 2.45 bits per heavy atom. The largest absolute Gasteiger partial charge is 0.462 e. The first kappa shape index (κ1) is 17.8. The minimum Gasteiger partial charge on any atom is -0.462 e. The van der Waals surface area contributed by atoms with E-state index in [0.29, 0.717) is 6.42 Å². The van der Waals surface area contributed by atoms with E-state index >= 15 is 0 Å². The average molecular weight is 347 g/mol. The molecule has 0 amide bonds. The van der Waals surface area contributed by atoms with Crippen molar-refractivity contribution >= 4 is 46.7 Å². The lowest BCUT2D eigenvalue weighted by molar-refractivity contribution is -0.214. The molecule has 1 aliphatic rings. The summed E-state index contributed by atoms with van der Waals surface area (Å²) >= 11 is 16.7. The van der Waals surface area contributed by atoms with E-state index in [9.17, 15) is 4.79 Å². The van der Waals surface area contributed by atoms with Gasteiger partial charge >= 0.3 is 5.97 Å².